The number of hydrogen-bond acceptors (Lipinski definition) is 5. The Morgan fingerprint density at radius 2 is 2.21 bits per heavy atom. The molecule has 1 heterocycles. The van der Waals surface area contributed by atoms with Gasteiger partial charge in [0, 0.05) is 35.5 Å². The molecule has 1 aromatic rings. The minimum Gasteiger partial charge on any atom is -0.454 e. The number of nitrogens with one attached hydrogen (secondary N) is 1. The van der Waals surface area contributed by atoms with Crippen molar-refractivity contribution in [2.75, 3.05) is 39.1 Å². The number of rotatable bonds is 7. The first-order valence-electron chi connectivity index (χ1n) is 6.15. The lowest BCUT2D eigenvalue weighted by molar-refractivity contribution is 0.174. The highest BCUT2D eigenvalue weighted by molar-refractivity contribution is 7.85. The monoisotopic (exact) mass is 285 g/mol. The van der Waals surface area contributed by atoms with Crippen LogP contribution in [0.2, 0.25) is 0 Å². The van der Waals surface area contributed by atoms with Crippen LogP contribution in [-0.4, -0.2) is 43.3 Å². The van der Waals surface area contributed by atoms with Gasteiger partial charge in [-0.1, -0.05) is 6.07 Å². The molecule has 0 fully saturated rings. The number of fused-ring (bicyclic) bond motifs is 1. The smallest absolute Gasteiger partial charge is 0.231 e. The molecule has 6 heteroatoms. The predicted octanol–water partition coefficient (Wildman–Crippen LogP) is 1.07. The van der Waals surface area contributed by atoms with Crippen molar-refractivity contribution in [2.24, 2.45) is 0 Å². The molecule has 0 bridgehead atoms. The fraction of sp³-hybridized carbons (Fsp3) is 0.538. The van der Waals surface area contributed by atoms with Gasteiger partial charge in [-0.3, -0.25) is 4.21 Å². The van der Waals surface area contributed by atoms with Gasteiger partial charge in [-0.25, -0.2) is 0 Å². The molecule has 19 heavy (non-hydrogen) atoms. The third-order valence-corrected chi connectivity index (χ3v) is 4.34. The van der Waals surface area contributed by atoms with Gasteiger partial charge in [0.2, 0.25) is 6.79 Å². The Balaban J connectivity index is 2.03. The largest absolute Gasteiger partial charge is 0.454 e. The van der Waals surface area contributed by atoms with E-state index in [0.29, 0.717) is 18.1 Å². The van der Waals surface area contributed by atoms with Crippen molar-refractivity contribution in [2.45, 2.75) is 6.04 Å². The van der Waals surface area contributed by atoms with Gasteiger partial charge in [0.1, 0.15) is 0 Å². The minimum absolute atomic E-state index is 0.0344. The number of benzene rings is 1. The molecule has 2 rings (SSSR count). The summed E-state index contributed by atoms with van der Waals surface area (Å²) in [5, 5.41) is 3.19. The minimum atomic E-state index is -0.908. The van der Waals surface area contributed by atoms with Crippen molar-refractivity contribution in [1.82, 2.24) is 5.32 Å². The molecule has 2 unspecified atom stereocenters. The molecule has 0 amide bonds. The second-order valence-electron chi connectivity index (χ2n) is 4.26. The van der Waals surface area contributed by atoms with Crippen molar-refractivity contribution < 1.29 is 18.4 Å². The van der Waals surface area contributed by atoms with E-state index in [9.17, 15) is 4.21 Å². The van der Waals surface area contributed by atoms with Crippen molar-refractivity contribution in [3.8, 4) is 11.5 Å². The third kappa shape index (κ3) is 3.68. The summed E-state index contributed by atoms with van der Waals surface area (Å²) in [6.07, 6.45) is 0. The zero-order valence-electron chi connectivity index (χ0n) is 11.2. The maximum atomic E-state index is 11.9. The van der Waals surface area contributed by atoms with Gasteiger partial charge in [0.15, 0.2) is 11.5 Å². The fourth-order valence-corrected chi connectivity index (χ4v) is 3.17. The van der Waals surface area contributed by atoms with Gasteiger partial charge >= 0.3 is 0 Å². The van der Waals surface area contributed by atoms with Gasteiger partial charge in [-0.05, 0) is 24.7 Å². The quantitative estimate of drug-likeness (QED) is 0.812. The van der Waals surface area contributed by atoms with Gasteiger partial charge in [0.25, 0.3) is 0 Å². The lowest BCUT2D eigenvalue weighted by Crippen LogP contribution is -2.24. The molecule has 0 aromatic heterocycles. The number of hydrogen-bond donors (Lipinski definition) is 1. The molecule has 106 valence electrons. The number of methoxy groups -OCH3 is 1. The SMILES string of the molecule is CNC(CS(=O)CCOC)c1ccc2c(c1)OCO2. The van der Waals surface area contributed by atoms with Crippen LogP contribution in [0.4, 0.5) is 0 Å². The van der Waals surface area contributed by atoms with Crippen molar-refractivity contribution in [3.63, 3.8) is 0 Å². The average molecular weight is 285 g/mol. The normalized spacial score (nSPS) is 16.3. The predicted molar refractivity (Wildman–Crippen MR) is 74.1 cm³/mol. The summed E-state index contributed by atoms with van der Waals surface area (Å²) in [6.45, 7) is 0.785. The zero-order valence-corrected chi connectivity index (χ0v) is 12.0. The molecule has 0 aliphatic carbocycles. The first-order valence-corrected chi connectivity index (χ1v) is 7.64. The van der Waals surface area contributed by atoms with Gasteiger partial charge < -0.3 is 19.5 Å². The summed E-state index contributed by atoms with van der Waals surface area (Å²) in [5.74, 6) is 2.62. The summed E-state index contributed by atoms with van der Waals surface area (Å²) in [5.41, 5.74) is 1.05. The van der Waals surface area contributed by atoms with Crippen molar-refractivity contribution in [1.29, 1.82) is 0 Å². The molecular weight excluding hydrogens is 266 g/mol. The van der Waals surface area contributed by atoms with Crippen LogP contribution >= 0.6 is 0 Å². The van der Waals surface area contributed by atoms with E-state index in [-0.39, 0.29) is 12.8 Å². The highest BCUT2D eigenvalue weighted by Crippen LogP contribution is 2.34. The lowest BCUT2D eigenvalue weighted by Gasteiger charge is -2.16. The zero-order chi connectivity index (χ0) is 13.7. The van der Waals surface area contributed by atoms with Crippen LogP contribution in [0.3, 0.4) is 0 Å². The Hall–Kier alpha value is -1.11. The summed E-state index contributed by atoms with van der Waals surface area (Å²) in [7, 11) is 2.57. The number of ether oxygens (including phenoxy) is 3. The summed E-state index contributed by atoms with van der Waals surface area (Å²) in [6, 6.07) is 5.84. The Morgan fingerprint density at radius 1 is 1.42 bits per heavy atom. The van der Waals surface area contributed by atoms with Gasteiger partial charge in [0.05, 0.1) is 6.61 Å². The van der Waals surface area contributed by atoms with E-state index < -0.39 is 10.8 Å². The van der Waals surface area contributed by atoms with E-state index >= 15 is 0 Å². The second kappa shape index (κ2) is 6.88. The molecule has 5 nitrogen and oxygen atoms in total. The molecule has 0 saturated heterocycles. The topological polar surface area (TPSA) is 56.8 Å². The molecule has 0 spiro atoms. The maximum absolute atomic E-state index is 11.9. The van der Waals surface area contributed by atoms with E-state index in [1.807, 2.05) is 25.2 Å². The fourth-order valence-electron chi connectivity index (χ4n) is 1.92. The molecule has 0 radical (unpaired) electrons. The van der Waals surface area contributed by atoms with E-state index in [2.05, 4.69) is 5.32 Å². The molecule has 1 aromatic carbocycles. The first kappa shape index (κ1) is 14.3. The molecule has 1 aliphatic heterocycles. The third-order valence-electron chi connectivity index (χ3n) is 3.02. The van der Waals surface area contributed by atoms with Crippen molar-refractivity contribution >= 4 is 10.8 Å². The van der Waals surface area contributed by atoms with Gasteiger partial charge in [-0.15, -0.1) is 0 Å². The van der Waals surface area contributed by atoms with E-state index in [1.165, 1.54) is 0 Å². The van der Waals surface area contributed by atoms with E-state index in [0.717, 1.165) is 17.1 Å². The molecular formula is C13H19NO4S. The highest BCUT2D eigenvalue weighted by Gasteiger charge is 2.18. The van der Waals surface area contributed by atoms with Crippen LogP contribution in [0.15, 0.2) is 18.2 Å². The molecule has 1 N–H and O–H groups in total. The Morgan fingerprint density at radius 3 is 2.95 bits per heavy atom. The molecule has 2 atom stereocenters. The van der Waals surface area contributed by atoms with Crippen LogP contribution in [0, 0.1) is 0 Å². The van der Waals surface area contributed by atoms with Crippen molar-refractivity contribution in [3.05, 3.63) is 23.8 Å². The standard InChI is InChI=1S/C13H19NO4S/c1-14-11(8-19(15)6-5-16-2)10-3-4-12-13(7-10)18-9-17-12/h3-4,7,11,14H,5-6,8-9H2,1-2H3. The Bertz CT molecular complexity index is 452. The Kier molecular flexibility index (Phi) is 5.18. The van der Waals surface area contributed by atoms with Gasteiger partial charge in [-0.2, -0.15) is 0 Å². The van der Waals surface area contributed by atoms with E-state index in [4.69, 9.17) is 14.2 Å². The summed E-state index contributed by atoms with van der Waals surface area (Å²) < 4.78 is 27.5. The van der Waals surface area contributed by atoms with Crippen LogP contribution in [0.5, 0.6) is 11.5 Å². The average Bonchev–Trinajstić information content (AvgIpc) is 2.89. The lowest BCUT2D eigenvalue weighted by atomic mass is 10.1. The van der Waals surface area contributed by atoms with Crippen LogP contribution < -0.4 is 14.8 Å². The summed E-state index contributed by atoms with van der Waals surface area (Å²) in [4.78, 5) is 0. The molecule has 1 aliphatic rings. The summed E-state index contributed by atoms with van der Waals surface area (Å²) >= 11 is 0. The van der Waals surface area contributed by atoms with Crippen LogP contribution in [0.25, 0.3) is 0 Å². The highest BCUT2D eigenvalue weighted by atomic mass is 32.2. The van der Waals surface area contributed by atoms with E-state index in [1.54, 1.807) is 7.11 Å². The van der Waals surface area contributed by atoms with Crippen LogP contribution in [0.1, 0.15) is 11.6 Å². The van der Waals surface area contributed by atoms with Crippen LogP contribution in [-0.2, 0) is 15.5 Å². The Labute approximate surface area is 115 Å². The molecule has 0 saturated carbocycles. The first-order chi connectivity index (χ1) is 9.24. The maximum Gasteiger partial charge on any atom is 0.231 e. The second-order valence-corrected chi connectivity index (χ2v) is 5.88.